The molecule has 7 nitrogen and oxygen atoms in total. The number of aromatic nitrogens is 2. The van der Waals surface area contributed by atoms with Gasteiger partial charge in [0.05, 0.1) is 0 Å². The number of pyridine rings is 2. The fourth-order valence-electron chi connectivity index (χ4n) is 4.23. The van der Waals surface area contributed by atoms with Gasteiger partial charge in [0.15, 0.2) is 5.82 Å². The fourth-order valence-corrected chi connectivity index (χ4v) is 4.23. The summed E-state index contributed by atoms with van der Waals surface area (Å²) in [6.45, 7) is 3.80. The minimum Gasteiger partial charge on any atom is -0.441 e. The predicted octanol–water partition coefficient (Wildman–Crippen LogP) is 5.36. The molecule has 1 aliphatic rings. The van der Waals surface area contributed by atoms with Crippen LogP contribution in [0.2, 0.25) is 0 Å². The third-order valence-electron chi connectivity index (χ3n) is 5.74. The van der Waals surface area contributed by atoms with Gasteiger partial charge in [-0.1, -0.05) is 36.4 Å². The maximum Gasteiger partial charge on any atom is 0.415 e. The summed E-state index contributed by atoms with van der Waals surface area (Å²) in [7, 11) is 0. The average molecular weight is 438 g/mol. The molecule has 1 saturated heterocycles. The van der Waals surface area contributed by atoms with Crippen molar-refractivity contribution in [3.63, 3.8) is 0 Å². The third kappa shape index (κ3) is 3.78. The number of nitrogens with one attached hydrogen (secondary N) is 1. The molecule has 4 aromatic rings. The molecule has 1 fully saturated rings. The lowest BCUT2D eigenvalue weighted by Gasteiger charge is -2.29. The van der Waals surface area contributed by atoms with Crippen molar-refractivity contribution in [3.05, 3.63) is 96.3 Å². The van der Waals surface area contributed by atoms with Crippen LogP contribution in [0.25, 0.3) is 10.9 Å². The number of hydrogen-bond donors (Lipinski definition) is 1. The van der Waals surface area contributed by atoms with Gasteiger partial charge in [0.25, 0.3) is 5.91 Å². The summed E-state index contributed by atoms with van der Waals surface area (Å²) < 4.78 is 5.67. The number of ether oxygens (including phenoxy) is 1. The lowest BCUT2D eigenvalue weighted by molar-refractivity contribution is 0.0685. The van der Waals surface area contributed by atoms with E-state index in [2.05, 4.69) is 15.3 Å². The SMILES string of the molecule is CC1(C)OC(=O)N(c2ccc(C(=O)Nc3nccc4cccnc34)cc2)[C@H]1c1ccccc1. The second-order valence-electron chi connectivity index (χ2n) is 8.39. The van der Waals surface area contributed by atoms with E-state index >= 15 is 0 Å². The summed E-state index contributed by atoms with van der Waals surface area (Å²) in [6.07, 6.45) is 2.87. The van der Waals surface area contributed by atoms with E-state index in [1.54, 1.807) is 41.6 Å². The van der Waals surface area contributed by atoms with Crippen LogP contribution in [0, 0.1) is 0 Å². The number of cyclic esters (lactones) is 1. The number of amides is 2. The van der Waals surface area contributed by atoms with E-state index in [1.165, 1.54) is 0 Å². The molecule has 2 aromatic carbocycles. The Bertz CT molecular complexity index is 1330. The van der Waals surface area contributed by atoms with Crippen molar-refractivity contribution >= 4 is 34.4 Å². The Morgan fingerprint density at radius 2 is 1.70 bits per heavy atom. The van der Waals surface area contributed by atoms with Crippen molar-refractivity contribution in [1.82, 2.24) is 9.97 Å². The van der Waals surface area contributed by atoms with E-state index < -0.39 is 11.7 Å². The monoisotopic (exact) mass is 438 g/mol. The first kappa shape index (κ1) is 20.6. The van der Waals surface area contributed by atoms with Gasteiger partial charge in [-0.2, -0.15) is 0 Å². The van der Waals surface area contributed by atoms with Crippen molar-refractivity contribution in [2.45, 2.75) is 25.5 Å². The van der Waals surface area contributed by atoms with E-state index in [0.717, 1.165) is 10.9 Å². The molecule has 0 unspecified atom stereocenters. The van der Waals surface area contributed by atoms with E-state index in [-0.39, 0.29) is 11.9 Å². The molecule has 3 heterocycles. The zero-order valence-electron chi connectivity index (χ0n) is 18.2. The van der Waals surface area contributed by atoms with Gasteiger partial charge in [0, 0.05) is 29.0 Å². The van der Waals surface area contributed by atoms with Gasteiger partial charge in [0.1, 0.15) is 17.2 Å². The van der Waals surface area contributed by atoms with Crippen LogP contribution >= 0.6 is 0 Å². The molecule has 33 heavy (non-hydrogen) atoms. The Balaban J connectivity index is 1.42. The normalized spacial score (nSPS) is 17.1. The minimum atomic E-state index is -0.707. The van der Waals surface area contributed by atoms with Crippen molar-refractivity contribution in [2.75, 3.05) is 10.2 Å². The topological polar surface area (TPSA) is 84.4 Å². The van der Waals surface area contributed by atoms with Gasteiger partial charge < -0.3 is 10.1 Å². The number of nitrogens with zero attached hydrogens (tertiary/aromatic N) is 3. The molecule has 2 amide bonds. The molecule has 1 aliphatic heterocycles. The summed E-state index contributed by atoms with van der Waals surface area (Å²) in [6, 6.07) is 21.9. The molecular formula is C26H22N4O3. The molecule has 164 valence electrons. The van der Waals surface area contributed by atoms with Crippen molar-refractivity contribution in [2.24, 2.45) is 0 Å². The first-order chi connectivity index (χ1) is 15.9. The first-order valence-corrected chi connectivity index (χ1v) is 10.6. The van der Waals surface area contributed by atoms with Gasteiger partial charge in [-0.25, -0.2) is 9.78 Å². The van der Waals surface area contributed by atoms with Gasteiger partial charge in [-0.15, -0.1) is 0 Å². The Morgan fingerprint density at radius 1 is 0.939 bits per heavy atom. The molecule has 0 aliphatic carbocycles. The second-order valence-corrected chi connectivity index (χ2v) is 8.39. The summed E-state index contributed by atoms with van der Waals surface area (Å²) in [5.41, 5.74) is 1.99. The molecule has 0 saturated carbocycles. The van der Waals surface area contributed by atoms with Gasteiger partial charge in [-0.3, -0.25) is 14.7 Å². The number of carbonyl (C=O) groups excluding carboxylic acids is 2. The average Bonchev–Trinajstić information content (AvgIpc) is 3.08. The summed E-state index contributed by atoms with van der Waals surface area (Å²) in [5, 5.41) is 3.72. The van der Waals surface area contributed by atoms with E-state index in [4.69, 9.17) is 4.74 Å². The fraction of sp³-hybridized carbons (Fsp3) is 0.154. The summed E-state index contributed by atoms with van der Waals surface area (Å²) >= 11 is 0. The van der Waals surface area contributed by atoms with Gasteiger partial charge in [0.2, 0.25) is 0 Å². The van der Waals surface area contributed by atoms with Crippen LogP contribution in [-0.2, 0) is 4.74 Å². The molecular weight excluding hydrogens is 416 g/mol. The summed E-state index contributed by atoms with van der Waals surface area (Å²) in [4.78, 5) is 35.8. The van der Waals surface area contributed by atoms with Crippen LogP contribution in [-0.4, -0.2) is 27.6 Å². The van der Waals surface area contributed by atoms with Crippen LogP contribution in [0.15, 0.2) is 85.2 Å². The van der Waals surface area contributed by atoms with Gasteiger partial charge >= 0.3 is 6.09 Å². The zero-order valence-corrected chi connectivity index (χ0v) is 18.2. The maximum absolute atomic E-state index is 12.9. The minimum absolute atomic E-state index is 0.295. The number of benzene rings is 2. The maximum atomic E-state index is 12.9. The standard InChI is InChI=1S/C26H22N4O3/c1-26(2)22(18-7-4-3-5-8-18)30(25(32)33-26)20-12-10-19(11-13-20)24(31)29-23-21-17(14-16-28-23)9-6-15-27-21/h3-16,22H,1-2H3,(H,28,29,31)/t22-/m0/s1. The smallest absolute Gasteiger partial charge is 0.415 e. The van der Waals surface area contributed by atoms with Crippen LogP contribution < -0.4 is 10.2 Å². The van der Waals surface area contributed by atoms with Crippen molar-refractivity contribution < 1.29 is 14.3 Å². The molecule has 0 radical (unpaired) electrons. The number of hydrogen-bond acceptors (Lipinski definition) is 5. The van der Waals surface area contributed by atoms with Crippen LogP contribution in [0.1, 0.15) is 35.8 Å². The molecule has 2 aromatic heterocycles. The quantitative estimate of drug-likeness (QED) is 0.464. The predicted molar refractivity (Wildman–Crippen MR) is 126 cm³/mol. The highest BCUT2D eigenvalue weighted by Gasteiger charge is 2.49. The largest absolute Gasteiger partial charge is 0.441 e. The lowest BCUT2D eigenvalue weighted by atomic mass is 9.91. The number of carbonyl (C=O) groups is 2. The van der Waals surface area contributed by atoms with E-state index in [9.17, 15) is 9.59 Å². The molecule has 7 heteroatoms. The Labute approximate surface area is 191 Å². The third-order valence-corrected chi connectivity index (χ3v) is 5.74. The molecule has 0 bridgehead atoms. The Hall–Kier alpha value is -4.26. The van der Waals surface area contributed by atoms with Crippen LogP contribution in [0.5, 0.6) is 0 Å². The van der Waals surface area contributed by atoms with E-state index in [1.807, 2.05) is 62.4 Å². The van der Waals surface area contributed by atoms with Crippen molar-refractivity contribution in [3.8, 4) is 0 Å². The molecule has 0 spiro atoms. The zero-order chi connectivity index (χ0) is 23.0. The highest BCUT2D eigenvalue weighted by molar-refractivity contribution is 6.07. The van der Waals surface area contributed by atoms with Crippen molar-refractivity contribution in [1.29, 1.82) is 0 Å². The molecule has 1 N–H and O–H groups in total. The molecule has 5 rings (SSSR count). The van der Waals surface area contributed by atoms with E-state index in [0.29, 0.717) is 22.6 Å². The Kier molecular flexibility index (Phi) is 5.01. The lowest BCUT2D eigenvalue weighted by Crippen LogP contribution is -2.33. The Morgan fingerprint density at radius 3 is 2.45 bits per heavy atom. The number of fused-ring (bicyclic) bond motifs is 1. The van der Waals surface area contributed by atoms with Crippen LogP contribution in [0.4, 0.5) is 16.3 Å². The van der Waals surface area contributed by atoms with Gasteiger partial charge in [-0.05, 0) is 55.8 Å². The highest BCUT2D eigenvalue weighted by atomic mass is 16.6. The first-order valence-electron chi connectivity index (χ1n) is 10.6. The molecule has 1 atom stereocenters. The second kappa shape index (κ2) is 8.02. The van der Waals surface area contributed by atoms with Crippen LogP contribution in [0.3, 0.4) is 0 Å². The number of anilines is 2. The summed E-state index contributed by atoms with van der Waals surface area (Å²) in [5.74, 6) is 0.0901. The number of rotatable bonds is 4. The highest BCUT2D eigenvalue weighted by Crippen LogP contribution is 2.43.